The zero-order valence-corrected chi connectivity index (χ0v) is 7.89. The summed E-state index contributed by atoms with van der Waals surface area (Å²) in [6.07, 6.45) is -6.26. The molecule has 0 aromatic heterocycles. The van der Waals surface area contributed by atoms with E-state index in [1.807, 2.05) is 0 Å². The number of hydrogen-bond acceptors (Lipinski definition) is 0. The molecule has 86 valence electrons. The highest BCUT2D eigenvalue weighted by molar-refractivity contribution is 4.94. The molecule has 0 aliphatic rings. The third-order valence-electron chi connectivity index (χ3n) is 2.01. The van der Waals surface area contributed by atoms with Crippen molar-refractivity contribution >= 4 is 0 Å². The Labute approximate surface area is 78.3 Å². The van der Waals surface area contributed by atoms with Gasteiger partial charge in [0, 0.05) is 0 Å². The second-order valence-corrected chi connectivity index (χ2v) is 3.37. The van der Waals surface area contributed by atoms with Crippen molar-refractivity contribution < 1.29 is 26.3 Å². The highest BCUT2D eigenvalue weighted by atomic mass is 19.4. The number of halogens is 6. The van der Waals surface area contributed by atoms with Crippen LogP contribution in [0.3, 0.4) is 0 Å². The Morgan fingerprint density at radius 2 is 1.36 bits per heavy atom. The number of unbranched alkanes of at least 4 members (excludes halogenated alkanes) is 1. The van der Waals surface area contributed by atoms with Gasteiger partial charge in [-0.15, -0.1) is 0 Å². The molecule has 0 spiro atoms. The molecule has 0 saturated heterocycles. The second kappa shape index (κ2) is 3.98. The molecule has 0 heterocycles. The zero-order valence-electron chi connectivity index (χ0n) is 7.89. The summed E-state index contributed by atoms with van der Waals surface area (Å²) < 4.78 is 73.4. The first kappa shape index (κ1) is 13.6. The summed E-state index contributed by atoms with van der Waals surface area (Å²) >= 11 is 0. The minimum atomic E-state index is -5.83. The largest absolute Gasteiger partial charge is 0.456 e. The lowest BCUT2D eigenvalue weighted by Gasteiger charge is -2.31. The summed E-state index contributed by atoms with van der Waals surface area (Å²) in [5.74, 6) is -5.28. The van der Waals surface area contributed by atoms with E-state index < -0.39 is 24.2 Å². The van der Waals surface area contributed by atoms with E-state index in [2.05, 4.69) is 0 Å². The summed E-state index contributed by atoms with van der Waals surface area (Å²) in [5, 5.41) is 0. The van der Waals surface area contributed by atoms with Crippen molar-refractivity contribution in [1.82, 2.24) is 0 Å². The topological polar surface area (TPSA) is 0 Å². The van der Waals surface area contributed by atoms with E-state index in [0.717, 1.165) is 0 Å². The van der Waals surface area contributed by atoms with E-state index >= 15 is 0 Å². The Morgan fingerprint density at radius 3 is 1.64 bits per heavy atom. The molecule has 0 aliphatic heterocycles. The fourth-order valence-electron chi connectivity index (χ4n) is 0.961. The fraction of sp³-hybridized carbons (Fsp3) is 1.00. The van der Waals surface area contributed by atoms with Gasteiger partial charge in [0.1, 0.15) is 0 Å². The van der Waals surface area contributed by atoms with E-state index in [9.17, 15) is 26.3 Å². The zero-order chi connectivity index (χ0) is 11.6. The van der Waals surface area contributed by atoms with Crippen LogP contribution in [0.25, 0.3) is 0 Å². The molecule has 0 saturated carbocycles. The molecule has 0 aromatic carbocycles. The van der Waals surface area contributed by atoms with E-state index in [4.69, 9.17) is 0 Å². The third-order valence-corrected chi connectivity index (χ3v) is 2.01. The van der Waals surface area contributed by atoms with Crippen molar-refractivity contribution in [3.63, 3.8) is 0 Å². The highest BCUT2D eigenvalue weighted by Gasteiger charge is 2.68. The maximum atomic E-state index is 13.1. The predicted molar refractivity (Wildman–Crippen MR) is 40.0 cm³/mol. The molecule has 0 nitrogen and oxygen atoms in total. The molecule has 0 fully saturated rings. The molecular formula is C8H12F6. The highest BCUT2D eigenvalue weighted by Crippen LogP contribution is 2.47. The van der Waals surface area contributed by atoms with Gasteiger partial charge >= 0.3 is 12.1 Å². The van der Waals surface area contributed by atoms with Crippen molar-refractivity contribution in [1.29, 1.82) is 0 Å². The Morgan fingerprint density at radius 1 is 0.929 bits per heavy atom. The van der Waals surface area contributed by atoms with Crippen molar-refractivity contribution in [2.45, 2.75) is 50.9 Å². The summed E-state index contributed by atoms with van der Waals surface area (Å²) in [6, 6.07) is 0. The van der Waals surface area contributed by atoms with Crippen molar-refractivity contribution in [2.24, 2.45) is 0 Å². The summed E-state index contributed by atoms with van der Waals surface area (Å²) in [7, 11) is 0. The Balaban J connectivity index is 4.69. The van der Waals surface area contributed by atoms with Gasteiger partial charge < -0.3 is 0 Å². The monoisotopic (exact) mass is 222 g/mol. The molecular weight excluding hydrogens is 210 g/mol. The van der Waals surface area contributed by atoms with E-state index in [0.29, 0.717) is 6.42 Å². The maximum absolute atomic E-state index is 13.1. The van der Waals surface area contributed by atoms with Crippen LogP contribution in [0, 0.1) is 0 Å². The average Bonchev–Trinajstić information content (AvgIpc) is 1.98. The molecule has 0 bridgehead atoms. The molecule has 1 atom stereocenters. The second-order valence-electron chi connectivity index (χ2n) is 3.37. The Hall–Kier alpha value is -0.420. The first-order valence-corrected chi connectivity index (χ1v) is 4.19. The van der Waals surface area contributed by atoms with Gasteiger partial charge in [-0.25, -0.2) is 4.39 Å². The van der Waals surface area contributed by atoms with Crippen molar-refractivity contribution in [2.75, 3.05) is 0 Å². The molecule has 0 amide bonds. The van der Waals surface area contributed by atoms with Crippen molar-refractivity contribution in [3.05, 3.63) is 0 Å². The molecule has 0 N–H and O–H groups in total. The number of rotatable bonds is 4. The smallest absolute Gasteiger partial charge is 0.237 e. The molecule has 14 heavy (non-hydrogen) atoms. The van der Waals surface area contributed by atoms with E-state index in [-0.39, 0.29) is 13.3 Å². The SMILES string of the molecule is CCCCC(C)(F)C(F)(F)C(F)(F)F. The fourth-order valence-corrected chi connectivity index (χ4v) is 0.961. The van der Waals surface area contributed by atoms with Crippen molar-refractivity contribution in [3.8, 4) is 0 Å². The Bertz CT molecular complexity index is 181. The lowest BCUT2D eigenvalue weighted by molar-refractivity contribution is -0.325. The molecule has 0 rings (SSSR count). The van der Waals surface area contributed by atoms with Crippen LogP contribution in [0.2, 0.25) is 0 Å². The standard InChI is InChI=1S/C8H12F6/c1-3-4-5-6(2,9)7(10,11)8(12,13)14/h3-5H2,1-2H3. The summed E-state index contributed by atoms with van der Waals surface area (Å²) in [5.41, 5.74) is -3.53. The molecule has 1 unspecified atom stereocenters. The Kier molecular flexibility index (Phi) is 3.86. The van der Waals surface area contributed by atoms with Crippen LogP contribution in [0.5, 0.6) is 0 Å². The first-order valence-electron chi connectivity index (χ1n) is 4.19. The molecule has 6 heteroatoms. The van der Waals surface area contributed by atoms with Crippen LogP contribution >= 0.6 is 0 Å². The lowest BCUT2D eigenvalue weighted by Crippen LogP contribution is -2.52. The molecule has 0 radical (unpaired) electrons. The van der Waals surface area contributed by atoms with Gasteiger partial charge in [-0.05, 0) is 13.3 Å². The average molecular weight is 222 g/mol. The van der Waals surface area contributed by atoms with Gasteiger partial charge in [0.05, 0.1) is 0 Å². The summed E-state index contributed by atoms with van der Waals surface area (Å²) in [6.45, 7) is 1.87. The van der Waals surface area contributed by atoms with Gasteiger partial charge in [0.2, 0.25) is 0 Å². The van der Waals surface area contributed by atoms with Gasteiger partial charge in [0.15, 0.2) is 5.67 Å². The van der Waals surface area contributed by atoms with Gasteiger partial charge in [-0.3, -0.25) is 0 Å². The minimum Gasteiger partial charge on any atom is -0.237 e. The first-order chi connectivity index (χ1) is 6.06. The quantitative estimate of drug-likeness (QED) is 0.628. The molecule has 0 aliphatic carbocycles. The summed E-state index contributed by atoms with van der Waals surface area (Å²) in [4.78, 5) is 0. The van der Waals surface area contributed by atoms with Crippen LogP contribution in [0.4, 0.5) is 26.3 Å². The van der Waals surface area contributed by atoms with Gasteiger partial charge in [-0.2, -0.15) is 22.0 Å². The third kappa shape index (κ3) is 2.54. The minimum absolute atomic E-state index is 0.00132. The van der Waals surface area contributed by atoms with Crippen LogP contribution in [-0.4, -0.2) is 17.8 Å². The number of hydrogen-bond donors (Lipinski definition) is 0. The number of alkyl halides is 6. The van der Waals surface area contributed by atoms with Gasteiger partial charge in [-0.1, -0.05) is 19.8 Å². The van der Waals surface area contributed by atoms with Crippen LogP contribution < -0.4 is 0 Å². The maximum Gasteiger partial charge on any atom is 0.456 e. The normalized spacial score (nSPS) is 18.0. The van der Waals surface area contributed by atoms with E-state index in [1.165, 1.54) is 0 Å². The molecule has 0 aromatic rings. The predicted octanol–water partition coefficient (Wildman–Crippen LogP) is 4.10. The van der Waals surface area contributed by atoms with E-state index in [1.54, 1.807) is 6.92 Å². The van der Waals surface area contributed by atoms with Crippen LogP contribution in [-0.2, 0) is 0 Å². The van der Waals surface area contributed by atoms with Crippen LogP contribution in [0.1, 0.15) is 33.1 Å². The van der Waals surface area contributed by atoms with Gasteiger partial charge in [0.25, 0.3) is 0 Å². The van der Waals surface area contributed by atoms with Crippen LogP contribution in [0.15, 0.2) is 0 Å². The lowest BCUT2D eigenvalue weighted by atomic mass is 9.93.